The SMILES string of the molecule is CCN(CC)c1c(C2=CC=CC2)c2c(cc1=C(c1ccccc1)c1ccccc1)-c1ccccc1[C]=2[Zr]. The summed E-state index contributed by atoms with van der Waals surface area (Å²) >= 11 is 1.47. The number of rotatable bonds is 6. The van der Waals surface area contributed by atoms with Gasteiger partial charge in [-0.25, -0.2) is 0 Å². The summed E-state index contributed by atoms with van der Waals surface area (Å²) < 4.78 is 1.47. The fraction of sp³-hybridized carbons (Fsp3) is 0.143. The second kappa shape index (κ2) is 10.3. The third-order valence-electron chi connectivity index (χ3n) is 7.60. The third kappa shape index (κ3) is 4.12. The summed E-state index contributed by atoms with van der Waals surface area (Å²) in [5, 5.41) is 2.77. The van der Waals surface area contributed by atoms with Gasteiger partial charge in [-0.1, -0.05) is 0 Å². The molecular formula is C35H30NZr. The number of allylic oxidation sites excluding steroid dienone is 4. The average Bonchev–Trinajstić information content (AvgIpc) is 3.58. The van der Waals surface area contributed by atoms with Crippen molar-refractivity contribution >= 4 is 20.1 Å². The van der Waals surface area contributed by atoms with Gasteiger partial charge in [-0.05, 0) is 0 Å². The fourth-order valence-electron chi connectivity index (χ4n) is 5.91. The summed E-state index contributed by atoms with van der Waals surface area (Å²) in [4.78, 5) is 2.57. The van der Waals surface area contributed by atoms with Crippen molar-refractivity contribution in [2.75, 3.05) is 18.0 Å². The summed E-state index contributed by atoms with van der Waals surface area (Å²) in [6.45, 7) is 6.50. The van der Waals surface area contributed by atoms with E-state index in [0.717, 1.165) is 19.5 Å². The van der Waals surface area contributed by atoms with Crippen LogP contribution in [0, 0.1) is 0 Å². The molecule has 0 fully saturated rings. The molecule has 0 amide bonds. The Kier molecular flexibility index (Phi) is 6.70. The van der Waals surface area contributed by atoms with Crippen LogP contribution in [-0.2, 0) is 24.7 Å². The first kappa shape index (κ1) is 24.1. The van der Waals surface area contributed by atoms with Gasteiger partial charge in [-0.15, -0.1) is 0 Å². The molecule has 0 bridgehead atoms. The maximum atomic E-state index is 2.57. The molecule has 0 atom stereocenters. The Balaban J connectivity index is 1.89. The van der Waals surface area contributed by atoms with Gasteiger partial charge in [0.2, 0.25) is 0 Å². The van der Waals surface area contributed by atoms with E-state index in [9.17, 15) is 0 Å². The molecule has 4 aromatic carbocycles. The summed E-state index contributed by atoms with van der Waals surface area (Å²) in [5.41, 5.74) is 12.2. The van der Waals surface area contributed by atoms with E-state index in [4.69, 9.17) is 0 Å². The molecule has 0 N–H and O–H groups in total. The van der Waals surface area contributed by atoms with E-state index in [2.05, 4.69) is 128 Å². The van der Waals surface area contributed by atoms with Crippen molar-refractivity contribution in [1.82, 2.24) is 0 Å². The number of nitrogens with zero attached hydrogens (tertiary/aromatic N) is 1. The minimum atomic E-state index is 0.965. The molecule has 6 rings (SSSR count). The van der Waals surface area contributed by atoms with Gasteiger partial charge in [0.05, 0.1) is 0 Å². The summed E-state index contributed by atoms with van der Waals surface area (Å²) in [6, 6.07) is 33.4. The van der Waals surface area contributed by atoms with Crippen molar-refractivity contribution < 1.29 is 24.7 Å². The first-order chi connectivity index (χ1) is 18.2. The Labute approximate surface area is 235 Å². The zero-order valence-electron chi connectivity index (χ0n) is 21.5. The molecule has 0 radical (unpaired) electrons. The van der Waals surface area contributed by atoms with E-state index < -0.39 is 0 Å². The Morgan fingerprint density at radius 3 is 1.92 bits per heavy atom. The molecule has 0 unspecified atom stereocenters. The van der Waals surface area contributed by atoms with Gasteiger partial charge in [0, 0.05) is 0 Å². The average molecular weight is 556 g/mol. The van der Waals surface area contributed by atoms with Crippen LogP contribution in [0.4, 0.5) is 5.69 Å². The number of anilines is 1. The van der Waals surface area contributed by atoms with E-state index >= 15 is 0 Å². The van der Waals surface area contributed by atoms with Gasteiger partial charge < -0.3 is 0 Å². The standard InChI is InChI=1S/C35H30N.Zr/c1-3-36(4-2)35-32(33(25-15-7-5-8-16-25)26-17-9-6-10-18-26)24-30-29-22-14-13-21-28(29)23-31(30)34(35)27-19-11-12-20-27;/h5-19,21-22,24H,3-4,20H2,1-2H3;. The van der Waals surface area contributed by atoms with Crippen LogP contribution in [-0.4, -0.2) is 13.1 Å². The Bertz CT molecular complexity index is 1610. The van der Waals surface area contributed by atoms with Gasteiger partial charge in [-0.2, -0.15) is 0 Å². The Hall–Kier alpha value is -3.22. The van der Waals surface area contributed by atoms with Gasteiger partial charge in [-0.3, -0.25) is 0 Å². The topological polar surface area (TPSA) is 3.24 Å². The number of benzene rings is 4. The van der Waals surface area contributed by atoms with Gasteiger partial charge in [0.15, 0.2) is 0 Å². The molecule has 2 aliphatic rings. The molecule has 37 heavy (non-hydrogen) atoms. The quantitative estimate of drug-likeness (QED) is 0.253. The van der Waals surface area contributed by atoms with Crippen LogP contribution >= 0.6 is 0 Å². The molecular weight excluding hydrogens is 526 g/mol. The van der Waals surface area contributed by atoms with Crippen LogP contribution in [0.5, 0.6) is 0 Å². The molecule has 4 aromatic rings. The molecule has 0 aliphatic heterocycles. The molecule has 0 saturated carbocycles. The molecule has 0 heterocycles. The van der Waals surface area contributed by atoms with Crippen molar-refractivity contribution in [3.05, 3.63) is 142 Å². The van der Waals surface area contributed by atoms with E-state index in [1.165, 1.54) is 88.7 Å². The van der Waals surface area contributed by atoms with Gasteiger partial charge >= 0.3 is 236 Å². The van der Waals surface area contributed by atoms with Crippen molar-refractivity contribution in [3.63, 3.8) is 0 Å². The van der Waals surface area contributed by atoms with Crippen LogP contribution in [0.1, 0.15) is 42.5 Å². The van der Waals surface area contributed by atoms with Crippen molar-refractivity contribution in [3.8, 4) is 11.1 Å². The number of fused-ring (bicyclic) bond motifs is 3. The van der Waals surface area contributed by atoms with Crippen molar-refractivity contribution in [2.45, 2.75) is 20.3 Å². The van der Waals surface area contributed by atoms with E-state index in [-0.39, 0.29) is 0 Å². The van der Waals surface area contributed by atoms with Crippen LogP contribution in [0.15, 0.2) is 109 Å². The van der Waals surface area contributed by atoms with E-state index in [1.807, 2.05) is 0 Å². The predicted molar refractivity (Wildman–Crippen MR) is 153 cm³/mol. The Morgan fingerprint density at radius 2 is 1.35 bits per heavy atom. The molecule has 2 heteroatoms. The monoisotopic (exact) mass is 554 g/mol. The summed E-state index contributed by atoms with van der Waals surface area (Å²) in [6.07, 6.45) is 7.84. The van der Waals surface area contributed by atoms with Crippen LogP contribution in [0.3, 0.4) is 0 Å². The zero-order chi connectivity index (χ0) is 25.4. The zero-order valence-corrected chi connectivity index (χ0v) is 23.9. The summed E-state index contributed by atoms with van der Waals surface area (Å²) in [5.74, 6) is 0. The normalized spacial score (nSPS) is 13.3. The Morgan fingerprint density at radius 1 is 0.757 bits per heavy atom. The van der Waals surface area contributed by atoms with Crippen molar-refractivity contribution in [1.29, 1.82) is 0 Å². The first-order valence-corrected chi connectivity index (χ1v) is 14.4. The number of hydrogen-bond acceptors (Lipinski definition) is 1. The van der Waals surface area contributed by atoms with Crippen LogP contribution in [0.25, 0.3) is 25.6 Å². The van der Waals surface area contributed by atoms with Gasteiger partial charge in [0.25, 0.3) is 0 Å². The first-order valence-electron chi connectivity index (χ1n) is 13.2. The van der Waals surface area contributed by atoms with Crippen LogP contribution in [0.2, 0.25) is 0 Å². The molecule has 0 aromatic heterocycles. The molecule has 0 saturated heterocycles. The molecule has 179 valence electrons. The number of hydrogen-bond donors (Lipinski definition) is 0. The van der Waals surface area contributed by atoms with Gasteiger partial charge in [0.1, 0.15) is 0 Å². The van der Waals surface area contributed by atoms with Crippen molar-refractivity contribution in [2.24, 2.45) is 0 Å². The fourth-order valence-corrected chi connectivity index (χ4v) is 7.08. The van der Waals surface area contributed by atoms with E-state index in [0.29, 0.717) is 0 Å². The summed E-state index contributed by atoms with van der Waals surface area (Å²) in [7, 11) is 0. The second-order valence-electron chi connectivity index (χ2n) is 9.59. The molecule has 2 aliphatic carbocycles. The second-order valence-corrected chi connectivity index (χ2v) is 10.8. The van der Waals surface area contributed by atoms with Crippen LogP contribution < -0.4 is 15.3 Å². The predicted octanol–water partition coefficient (Wildman–Crippen LogP) is 6.81. The van der Waals surface area contributed by atoms with E-state index in [1.54, 1.807) is 0 Å². The molecule has 0 spiro atoms. The maximum absolute atomic E-state index is 2.57. The molecule has 1 nitrogen and oxygen atoms in total. The minimum absolute atomic E-state index is 0.965. The third-order valence-corrected chi connectivity index (χ3v) is 8.88.